The molecule has 0 aromatic heterocycles. The van der Waals surface area contributed by atoms with Gasteiger partial charge in [-0.15, -0.1) is 12.4 Å². The maximum absolute atomic E-state index is 5.46. The first-order chi connectivity index (χ1) is 16.9. The number of hydrogen-bond acceptors (Lipinski definition) is 2. The van der Waals surface area contributed by atoms with E-state index in [1.807, 2.05) is 0 Å². The van der Waals surface area contributed by atoms with Gasteiger partial charge in [0.05, 0.1) is 0 Å². The zero-order valence-electron chi connectivity index (χ0n) is 24.3. The van der Waals surface area contributed by atoms with Crippen molar-refractivity contribution in [3.8, 4) is 0 Å². The Kier molecular flexibility index (Phi) is 39.6. The van der Waals surface area contributed by atoms with Gasteiger partial charge in [-0.05, 0) is 6.42 Å². The van der Waals surface area contributed by atoms with Crippen molar-refractivity contribution < 1.29 is 0 Å². The second-order valence-electron chi connectivity index (χ2n) is 11.1. The van der Waals surface area contributed by atoms with E-state index in [1.165, 1.54) is 205 Å². The molecular weight excluding hydrogens is 466 g/mol. The van der Waals surface area contributed by atoms with Gasteiger partial charge >= 0.3 is 0 Å². The fraction of sp³-hybridized carbons (Fsp3) is 1.00. The minimum Gasteiger partial charge on any atom is -0.278 e. The van der Waals surface area contributed by atoms with Crippen molar-refractivity contribution in [3.05, 3.63) is 0 Å². The molecule has 0 aromatic carbocycles. The van der Waals surface area contributed by atoms with Crippen molar-refractivity contribution in [1.29, 1.82) is 0 Å². The van der Waals surface area contributed by atoms with Crippen LogP contribution in [0.25, 0.3) is 0 Å². The number of halogens is 1. The summed E-state index contributed by atoms with van der Waals surface area (Å²) in [6, 6.07) is 0. The molecule has 0 rings (SSSR count). The van der Waals surface area contributed by atoms with Crippen LogP contribution >= 0.6 is 24.4 Å². The van der Waals surface area contributed by atoms with Gasteiger partial charge in [0, 0.05) is 5.75 Å². The van der Waals surface area contributed by atoms with Crippen molar-refractivity contribution in [2.45, 2.75) is 200 Å². The average Bonchev–Trinajstić information content (AvgIpc) is 2.85. The Morgan fingerprint density at radius 3 is 0.657 bits per heavy atom. The second-order valence-corrected chi connectivity index (χ2v) is 11.9. The predicted octanol–water partition coefficient (Wildman–Crippen LogP) is 12.7. The van der Waals surface area contributed by atoms with E-state index in [4.69, 9.17) is 5.14 Å². The van der Waals surface area contributed by atoms with Crippen LogP contribution in [0.5, 0.6) is 0 Å². The van der Waals surface area contributed by atoms with Gasteiger partial charge in [0.1, 0.15) is 0 Å². The first-order valence-corrected chi connectivity index (χ1v) is 17.3. The molecule has 0 fully saturated rings. The highest BCUT2D eigenvalue weighted by Gasteiger charge is 1.97. The number of unbranched alkanes of at least 4 members (excludes halogenated alkanes) is 29. The third kappa shape index (κ3) is 36.8. The normalized spacial score (nSPS) is 11.1. The summed E-state index contributed by atoms with van der Waals surface area (Å²) in [6.07, 6.45) is 43.9. The van der Waals surface area contributed by atoms with Gasteiger partial charge < -0.3 is 0 Å². The molecule has 214 valence electrons. The molecule has 0 aliphatic heterocycles. The predicted molar refractivity (Wildman–Crippen MR) is 168 cm³/mol. The Balaban J connectivity index is 0. The molecular formula is C32H68ClNS. The van der Waals surface area contributed by atoms with Gasteiger partial charge in [0.2, 0.25) is 0 Å². The standard InChI is InChI=1S/C32H67NS.ClH/c1-2-3-4-5-6-7-8-9-10-11-12-13-14-15-16-17-18-19-20-21-22-23-24-25-26-27-28-29-30-31-32-34-33;/h2-33H2,1H3;1H. The monoisotopic (exact) mass is 533 g/mol. The molecule has 35 heavy (non-hydrogen) atoms. The van der Waals surface area contributed by atoms with E-state index in [0.29, 0.717) is 0 Å². The third-order valence-corrected chi connectivity index (χ3v) is 8.14. The molecule has 2 N–H and O–H groups in total. The van der Waals surface area contributed by atoms with Crippen LogP contribution in [-0.4, -0.2) is 5.75 Å². The van der Waals surface area contributed by atoms with Crippen molar-refractivity contribution in [2.24, 2.45) is 5.14 Å². The summed E-state index contributed by atoms with van der Waals surface area (Å²) in [6.45, 7) is 2.31. The average molecular weight is 534 g/mol. The molecule has 0 heterocycles. The molecule has 0 saturated heterocycles. The summed E-state index contributed by atoms with van der Waals surface area (Å²) in [5.41, 5.74) is 0. The maximum atomic E-state index is 5.46. The van der Waals surface area contributed by atoms with E-state index in [1.54, 1.807) is 0 Å². The van der Waals surface area contributed by atoms with Crippen LogP contribution in [-0.2, 0) is 0 Å². The Bertz CT molecular complexity index is 308. The molecule has 0 unspecified atom stereocenters. The van der Waals surface area contributed by atoms with Gasteiger partial charge in [-0.25, -0.2) is 0 Å². The molecule has 0 atom stereocenters. The highest BCUT2D eigenvalue weighted by molar-refractivity contribution is 7.97. The highest BCUT2D eigenvalue weighted by atomic mass is 35.5. The highest BCUT2D eigenvalue weighted by Crippen LogP contribution is 2.16. The zero-order chi connectivity index (χ0) is 24.6. The van der Waals surface area contributed by atoms with Crippen molar-refractivity contribution in [1.82, 2.24) is 0 Å². The van der Waals surface area contributed by atoms with Gasteiger partial charge in [-0.1, -0.05) is 205 Å². The van der Waals surface area contributed by atoms with Crippen molar-refractivity contribution in [2.75, 3.05) is 5.75 Å². The quantitative estimate of drug-likeness (QED) is 0.0707. The molecule has 0 bridgehead atoms. The van der Waals surface area contributed by atoms with Crippen LogP contribution < -0.4 is 5.14 Å². The second kappa shape index (κ2) is 36.8. The van der Waals surface area contributed by atoms with Crippen LogP contribution in [0.1, 0.15) is 200 Å². The molecule has 0 aliphatic rings. The van der Waals surface area contributed by atoms with Crippen LogP contribution in [0.4, 0.5) is 0 Å². The molecule has 0 saturated carbocycles. The van der Waals surface area contributed by atoms with Gasteiger partial charge in [0.15, 0.2) is 0 Å². The minimum absolute atomic E-state index is 0. The molecule has 0 aliphatic carbocycles. The third-order valence-electron chi connectivity index (χ3n) is 7.62. The van der Waals surface area contributed by atoms with Crippen LogP contribution in [0, 0.1) is 0 Å². The Morgan fingerprint density at radius 1 is 0.314 bits per heavy atom. The molecule has 0 spiro atoms. The molecule has 0 radical (unpaired) electrons. The lowest BCUT2D eigenvalue weighted by Crippen LogP contribution is -1.86. The van der Waals surface area contributed by atoms with E-state index in [2.05, 4.69) is 6.92 Å². The lowest BCUT2D eigenvalue weighted by molar-refractivity contribution is 0.513. The largest absolute Gasteiger partial charge is 0.278 e. The van der Waals surface area contributed by atoms with E-state index < -0.39 is 0 Å². The number of rotatable bonds is 31. The maximum Gasteiger partial charge on any atom is 0.00764 e. The number of nitrogens with two attached hydrogens (primary N) is 1. The molecule has 1 nitrogen and oxygen atoms in total. The van der Waals surface area contributed by atoms with Crippen molar-refractivity contribution >= 4 is 24.4 Å². The van der Waals surface area contributed by atoms with Crippen LogP contribution in [0.2, 0.25) is 0 Å². The summed E-state index contributed by atoms with van der Waals surface area (Å²) in [4.78, 5) is 0. The van der Waals surface area contributed by atoms with E-state index in [0.717, 1.165) is 5.75 Å². The Hall–Kier alpha value is 0.600. The van der Waals surface area contributed by atoms with E-state index in [9.17, 15) is 0 Å². The SMILES string of the molecule is CCCCCCCCCCCCCCCCCCCCCCCCCCCCCCCCSN.Cl. The molecule has 3 heteroatoms. The van der Waals surface area contributed by atoms with E-state index in [-0.39, 0.29) is 12.4 Å². The topological polar surface area (TPSA) is 26.0 Å². The zero-order valence-corrected chi connectivity index (χ0v) is 25.9. The van der Waals surface area contributed by atoms with Gasteiger partial charge in [-0.3, -0.25) is 5.14 Å². The summed E-state index contributed by atoms with van der Waals surface area (Å²) in [5.74, 6) is 1.14. The molecule has 0 amide bonds. The smallest absolute Gasteiger partial charge is 0.00764 e. The fourth-order valence-electron chi connectivity index (χ4n) is 5.21. The summed E-state index contributed by atoms with van der Waals surface area (Å²) >= 11 is 1.50. The minimum atomic E-state index is 0. The summed E-state index contributed by atoms with van der Waals surface area (Å²) in [7, 11) is 0. The van der Waals surface area contributed by atoms with Crippen LogP contribution in [0.15, 0.2) is 0 Å². The van der Waals surface area contributed by atoms with Crippen molar-refractivity contribution in [3.63, 3.8) is 0 Å². The van der Waals surface area contributed by atoms with E-state index >= 15 is 0 Å². The summed E-state index contributed by atoms with van der Waals surface area (Å²) < 4.78 is 0. The summed E-state index contributed by atoms with van der Waals surface area (Å²) in [5, 5.41) is 5.46. The number of hydrogen-bond donors (Lipinski definition) is 1. The first kappa shape index (κ1) is 37.8. The van der Waals surface area contributed by atoms with Gasteiger partial charge in [-0.2, -0.15) is 0 Å². The lowest BCUT2D eigenvalue weighted by Gasteiger charge is -2.04. The van der Waals surface area contributed by atoms with Gasteiger partial charge in [0.25, 0.3) is 0 Å². The van der Waals surface area contributed by atoms with Crippen LogP contribution in [0.3, 0.4) is 0 Å². The fourth-order valence-corrected chi connectivity index (χ4v) is 5.58. The first-order valence-electron chi connectivity index (χ1n) is 16.2. The Morgan fingerprint density at radius 2 is 0.486 bits per heavy atom. The molecule has 0 aromatic rings. The lowest BCUT2D eigenvalue weighted by atomic mass is 10.0. The Labute approximate surface area is 234 Å².